The SMILES string of the molecule is CCNC(C1CCOC2(CCCCC2)C1)C1CCC(C)O1. The van der Waals surface area contributed by atoms with Gasteiger partial charge >= 0.3 is 0 Å². The predicted molar refractivity (Wildman–Crippen MR) is 85.5 cm³/mol. The van der Waals surface area contributed by atoms with E-state index in [1.165, 1.54) is 57.8 Å². The highest BCUT2D eigenvalue weighted by atomic mass is 16.5. The van der Waals surface area contributed by atoms with Crippen molar-refractivity contribution in [3.63, 3.8) is 0 Å². The number of hydrogen-bond acceptors (Lipinski definition) is 3. The number of nitrogens with one attached hydrogen (secondary N) is 1. The van der Waals surface area contributed by atoms with E-state index in [9.17, 15) is 0 Å². The maximum Gasteiger partial charge on any atom is 0.0735 e. The summed E-state index contributed by atoms with van der Waals surface area (Å²) in [6, 6.07) is 0.530. The molecule has 122 valence electrons. The minimum Gasteiger partial charge on any atom is -0.375 e. The van der Waals surface area contributed by atoms with Gasteiger partial charge in [-0.25, -0.2) is 0 Å². The fourth-order valence-corrected chi connectivity index (χ4v) is 4.85. The quantitative estimate of drug-likeness (QED) is 0.858. The summed E-state index contributed by atoms with van der Waals surface area (Å²) in [7, 11) is 0. The summed E-state index contributed by atoms with van der Waals surface area (Å²) in [6.45, 7) is 6.44. The van der Waals surface area contributed by atoms with Crippen LogP contribution in [0.4, 0.5) is 0 Å². The molecular weight excluding hydrogens is 262 g/mol. The molecule has 2 saturated heterocycles. The van der Waals surface area contributed by atoms with Crippen molar-refractivity contribution < 1.29 is 9.47 Å². The van der Waals surface area contributed by atoms with E-state index in [1.54, 1.807) is 0 Å². The highest BCUT2D eigenvalue weighted by Gasteiger charge is 2.43. The fourth-order valence-electron chi connectivity index (χ4n) is 4.85. The first kappa shape index (κ1) is 15.8. The average molecular weight is 295 g/mol. The second-order valence-electron chi connectivity index (χ2n) is 7.49. The Hall–Kier alpha value is -0.120. The lowest BCUT2D eigenvalue weighted by molar-refractivity contribution is -0.128. The van der Waals surface area contributed by atoms with Gasteiger partial charge in [0.2, 0.25) is 0 Å². The Morgan fingerprint density at radius 3 is 2.62 bits per heavy atom. The van der Waals surface area contributed by atoms with Crippen LogP contribution in [0.25, 0.3) is 0 Å². The van der Waals surface area contributed by atoms with Gasteiger partial charge in [-0.15, -0.1) is 0 Å². The largest absolute Gasteiger partial charge is 0.375 e. The van der Waals surface area contributed by atoms with Crippen molar-refractivity contribution in [2.45, 2.75) is 95.5 Å². The molecule has 4 unspecified atom stereocenters. The third-order valence-electron chi connectivity index (χ3n) is 5.91. The summed E-state index contributed by atoms with van der Waals surface area (Å²) in [6.07, 6.45) is 12.4. The molecule has 0 bridgehead atoms. The Morgan fingerprint density at radius 1 is 1.14 bits per heavy atom. The van der Waals surface area contributed by atoms with Crippen LogP contribution in [0.2, 0.25) is 0 Å². The van der Waals surface area contributed by atoms with Crippen molar-refractivity contribution in [3.8, 4) is 0 Å². The van der Waals surface area contributed by atoms with E-state index in [1.807, 2.05) is 0 Å². The predicted octanol–water partition coefficient (Wildman–Crippen LogP) is 3.66. The average Bonchev–Trinajstić information content (AvgIpc) is 2.92. The van der Waals surface area contributed by atoms with Gasteiger partial charge in [0.15, 0.2) is 0 Å². The molecule has 1 saturated carbocycles. The second kappa shape index (κ2) is 6.97. The Bertz CT molecular complexity index is 322. The van der Waals surface area contributed by atoms with Crippen molar-refractivity contribution in [1.82, 2.24) is 5.32 Å². The van der Waals surface area contributed by atoms with Gasteiger partial charge in [-0.3, -0.25) is 0 Å². The van der Waals surface area contributed by atoms with Crippen LogP contribution in [-0.2, 0) is 9.47 Å². The van der Waals surface area contributed by atoms with E-state index < -0.39 is 0 Å². The van der Waals surface area contributed by atoms with Gasteiger partial charge in [0.1, 0.15) is 0 Å². The topological polar surface area (TPSA) is 30.5 Å². The van der Waals surface area contributed by atoms with E-state index in [2.05, 4.69) is 19.2 Å². The number of hydrogen-bond donors (Lipinski definition) is 1. The van der Waals surface area contributed by atoms with Crippen LogP contribution in [-0.4, -0.2) is 37.0 Å². The van der Waals surface area contributed by atoms with Crippen LogP contribution in [0.5, 0.6) is 0 Å². The molecule has 0 radical (unpaired) electrons. The molecule has 3 heteroatoms. The van der Waals surface area contributed by atoms with Gasteiger partial charge in [-0.2, -0.15) is 0 Å². The van der Waals surface area contributed by atoms with Crippen molar-refractivity contribution >= 4 is 0 Å². The van der Waals surface area contributed by atoms with E-state index >= 15 is 0 Å². The summed E-state index contributed by atoms with van der Waals surface area (Å²) >= 11 is 0. The molecule has 1 aliphatic carbocycles. The summed E-state index contributed by atoms with van der Waals surface area (Å²) in [5, 5.41) is 3.76. The lowest BCUT2D eigenvalue weighted by atomic mass is 9.73. The van der Waals surface area contributed by atoms with Gasteiger partial charge in [-0.1, -0.05) is 26.2 Å². The molecule has 2 heterocycles. The number of ether oxygens (including phenoxy) is 2. The summed E-state index contributed by atoms with van der Waals surface area (Å²) in [5.41, 5.74) is 0.207. The number of rotatable bonds is 4. The smallest absolute Gasteiger partial charge is 0.0735 e. The van der Waals surface area contributed by atoms with E-state index in [-0.39, 0.29) is 5.60 Å². The van der Waals surface area contributed by atoms with Gasteiger partial charge in [0.25, 0.3) is 0 Å². The van der Waals surface area contributed by atoms with Gasteiger partial charge in [0.05, 0.1) is 17.8 Å². The molecule has 1 N–H and O–H groups in total. The normalized spacial score (nSPS) is 37.7. The standard InChI is InChI=1S/C18H33NO2/c1-3-19-17(16-8-7-14(2)21-16)15-9-12-20-18(13-15)10-5-4-6-11-18/h14-17,19H,3-13H2,1-2H3. The van der Waals surface area contributed by atoms with Gasteiger partial charge < -0.3 is 14.8 Å². The first-order chi connectivity index (χ1) is 10.2. The Morgan fingerprint density at radius 2 is 1.95 bits per heavy atom. The van der Waals surface area contributed by atoms with Gasteiger partial charge in [-0.05, 0) is 57.9 Å². The van der Waals surface area contributed by atoms with Crippen LogP contribution >= 0.6 is 0 Å². The molecule has 1 spiro atoms. The fraction of sp³-hybridized carbons (Fsp3) is 1.00. The molecule has 0 amide bonds. The molecule has 0 aromatic rings. The minimum atomic E-state index is 0.207. The van der Waals surface area contributed by atoms with Crippen molar-refractivity contribution in [2.75, 3.05) is 13.2 Å². The zero-order valence-corrected chi connectivity index (χ0v) is 13.9. The first-order valence-electron chi connectivity index (χ1n) is 9.25. The Balaban J connectivity index is 1.66. The van der Waals surface area contributed by atoms with Crippen LogP contribution in [0.15, 0.2) is 0 Å². The van der Waals surface area contributed by atoms with E-state index in [0.717, 1.165) is 19.1 Å². The molecule has 0 aromatic carbocycles. The molecule has 0 aromatic heterocycles. The molecule has 3 nitrogen and oxygen atoms in total. The van der Waals surface area contributed by atoms with E-state index in [4.69, 9.17) is 9.47 Å². The van der Waals surface area contributed by atoms with Crippen molar-refractivity contribution in [2.24, 2.45) is 5.92 Å². The molecule has 3 aliphatic rings. The zero-order chi connectivity index (χ0) is 14.7. The molecule has 4 atom stereocenters. The van der Waals surface area contributed by atoms with Crippen molar-refractivity contribution in [3.05, 3.63) is 0 Å². The molecular formula is C18H33NO2. The maximum absolute atomic E-state index is 6.28. The third kappa shape index (κ3) is 3.62. The van der Waals surface area contributed by atoms with Gasteiger partial charge in [0, 0.05) is 12.6 Å². The molecule has 21 heavy (non-hydrogen) atoms. The first-order valence-corrected chi connectivity index (χ1v) is 9.25. The lowest BCUT2D eigenvalue weighted by Gasteiger charge is -2.46. The third-order valence-corrected chi connectivity index (χ3v) is 5.91. The molecule has 3 fully saturated rings. The van der Waals surface area contributed by atoms with E-state index in [0.29, 0.717) is 18.2 Å². The lowest BCUT2D eigenvalue weighted by Crippen LogP contribution is -2.52. The monoisotopic (exact) mass is 295 g/mol. The maximum atomic E-state index is 6.28. The van der Waals surface area contributed by atoms with Crippen LogP contribution in [0.3, 0.4) is 0 Å². The summed E-state index contributed by atoms with van der Waals surface area (Å²) < 4.78 is 12.5. The Labute approximate surface area is 130 Å². The highest BCUT2D eigenvalue weighted by Crippen LogP contribution is 2.42. The highest BCUT2D eigenvalue weighted by molar-refractivity contribution is 4.96. The zero-order valence-electron chi connectivity index (χ0n) is 13.9. The van der Waals surface area contributed by atoms with Crippen LogP contribution in [0, 0.1) is 5.92 Å². The Kier molecular flexibility index (Phi) is 5.23. The summed E-state index contributed by atoms with van der Waals surface area (Å²) in [4.78, 5) is 0. The molecule has 3 rings (SSSR count). The second-order valence-corrected chi connectivity index (χ2v) is 7.49. The van der Waals surface area contributed by atoms with Crippen LogP contribution < -0.4 is 5.32 Å². The molecule has 2 aliphatic heterocycles. The number of likely N-dealkylation sites (N-methyl/N-ethyl adjacent to an activating group) is 1. The van der Waals surface area contributed by atoms with Crippen molar-refractivity contribution in [1.29, 1.82) is 0 Å². The van der Waals surface area contributed by atoms with Crippen LogP contribution in [0.1, 0.15) is 71.6 Å². The minimum absolute atomic E-state index is 0.207. The summed E-state index contributed by atoms with van der Waals surface area (Å²) in [5.74, 6) is 0.729.